The highest BCUT2D eigenvalue weighted by Crippen LogP contribution is 2.27. The molecule has 7 nitrogen and oxygen atoms in total. The molecule has 0 aliphatic carbocycles. The van der Waals surface area contributed by atoms with Gasteiger partial charge in [0.25, 0.3) is 0 Å². The van der Waals surface area contributed by atoms with Crippen LogP contribution in [0.5, 0.6) is 5.75 Å². The van der Waals surface area contributed by atoms with E-state index in [4.69, 9.17) is 9.47 Å². The minimum Gasteiger partial charge on any atom is -0.497 e. The van der Waals surface area contributed by atoms with Crippen molar-refractivity contribution in [1.29, 1.82) is 0 Å². The molecule has 0 bridgehead atoms. The van der Waals surface area contributed by atoms with Gasteiger partial charge in [-0.2, -0.15) is 0 Å². The first-order valence-corrected chi connectivity index (χ1v) is 11.1. The Labute approximate surface area is 185 Å². The number of nitrogens with one attached hydrogen (secondary N) is 1. The quantitative estimate of drug-likeness (QED) is 0.539. The highest BCUT2D eigenvalue weighted by atomic mass is 32.1. The molecule has 3 aromatic rings. The van der Waals surface area contributed by atoms with Crippen molar-refractivity contribution in [2.45, 2.75) is 19.4 Å². The number of nitrogens with zero attached hydrogens (tertiary/aromatic N) is 2. The predicted molar refractivity (Wildman–Crippen MR) is 121 cm³/mol. The van der Waals surface area contributed by atoms with Crippen LogP contribution in [0.4, 0.5) is 5.13 Å². The van der Waals surface area contributed by atoms with Crippen LogP contribution in [-0.4, -0.2) is 55.0 Å². The van der Waals surface area contributed by atoms with Crippen LogP contribution >= 0.6 is 11.3 Å². The van der Waals surface area contributed by atoms with E-state index in [1.54, 1.807) is 31.4 Å². The Morgan fingerprint density at radius 1 is 1.13 bits per heavy atom. The number of rotatable bonds is 8. The molecule has 1 aromatic heterocycles. The van der Waals surface area contributed by atoms with Gasteiger partial charge in [-0.1, -0.05) is 17.4 Å². The number of amides is 1. The molecule has 8 heteroatoms. The van der Waals surface area contributed by atoms with Gasteiger partial charge in [0, 0.05) is 38.0 Å². The Morgan fingerprint density at radius 3 is 2.65 bits per heavy atom. The third-order valence-electron chi connectivity index (χ3n) is 5.20. The summed E-state index contributed by atoms with van der Waals surface area (Å²) in [4.78, 5) is 31.5. The van der Waals surface area contributed by atoms with Gasteiger partial charge in [-0.05, 0) is 42.0 Å². The minimum atomic E-state index is -0.213. The molecule has 0 atom stereocenters. The van der Waals surface area contributed by atoms with E-state index >= 15 is 0 Å². The van der Waals surface area contributed by atoms with Crippen LogP contribution < -0.4 is 10.1 Å². The Bertz CT molecular complexity index is 1060. The van der Waals surface area contributed by atoms with Crippen LogP contribution in [0, 0.1) is 0 Å². The summed E-state index contributed by atoms with van der Waals surface area (Å²) < 4.78 is 11.5. The molecule has 0 radical (unpaired) electrons. The van der Waals surface area contributed by atoms with Crippen molar-refractivity contribution in [3.63, 3.8) is 0 Å². The summed E-state index contributed by atoms with van der Waals surface area (Å²) in [6, 6.07) is 13.1. The molecule has 1 amide bonds. The topological polar surface area (TPSA) is 80.8 Å². The zero-order chi connectivity index (χ0) is 21.6. The molecule has 4 rings (SSSR count). The summed E-state index contributed by atoms with van der Waals surface area (Å²) in [5, 5.41) is 3.38. The van der Waals surface area contributed by atoms with Crippen LogP contribution in [0.25, 0.3) is 10.2 Å². The predicted octanol–water partition coefficient (Wildman–Crippen LogP) is 3.74. The molecule has 0 saturated carbocycles. The SMILES string of the molecule is COc1ccc(C(=O)CCC(=O)Nc2nc3ccc(CN4CCOCC4)cc3s2)cc1. The summed E-state index contributed by atoms with van der Waals surface area (Å²) in [6.07, 6.45) is 0.260. The van der Waals surface area contributed by atoms with Crippen molar-refractivity contribution >= 4 is 38.4 Å². The van der Waals surface area contributed by atoms with Gasteiger partial charge in [-0.15, -0.1) is 0 Å². The van der Waals surface area contributed by atoms with Gasteiger partial charge in [-0.25, -0.2) is 4.98 Å². The van der Waals surface area contributed by atoms with Gasteiger partial charge in [0.2, 0.25) is 5.91 Å². The van der Waals surface area contributed by atoms with Gasteiger partial charge >= 0.3 is 0 Å². The first-order chi connectivity index (χ1) is 15.1. The molecule has 2 aromatic carbocycles. The van der Waals surface area contributed by atoms with E-state index in [0.29, 0.717) is 16.4 Å². The summed E-state index contributed by atoms with van der Waals surface area (Å²) in [6.45, 7) is 4.32. The lowest BCUT2D eigenvalue weighted by molar-refractivity contribution is -0.116. The van der Waals surface area contributed by atoms with Crippen molar-refractivity contribution in [1.82, 2.24) is 9.88 Å². The number of Topliss-reactive ketones (excluding diaryl/α,β-unsaturated/α-hetero) is 1. The fraction of sp³-hybridized carbons (Fsp3) is 0.348. The molecule has 0 spiro atoms. The van der Waals surface area contributed by atoms with Gasteiger partial charge in [0.05, 0.1) is 30.5 Å². The number of fused-ring (bicyclic) bond motifs is 1. The fourth-order valence-corrected chi connectivity index (χ4v) is 4.41. The number of carbonyl (C=O) groups is 2. The lowest BCUT2D eigenvalue weighted by Crippen LogP contribution is -2.35. The van der Waals surface area contributed by atoms with E-state index < -0.39 is 0 Å². The van der Waals surface area contributed by atoms with Crippen molar-refractivity contribution in [2.75, 3.05) is 38.7 Å². The number of methoxy groups -OCH3 is 1. The number of aromatic nitrogens is 1. The molecular formula is C23H25N3O4S. The number of carbonyl (C=O) groups excluding carboxylic acids is 2. The van der Waals surface area contributed by atoms with Gasteiger partial charge < -0.3 is 14.8 Å². The highest BCUT2D eigenvalue weighted by molar-refractivity contribution is 7.22. The van der Waals surface area contributed by atoms with Crippen LogP contribution in [0.15, 0.2) is 42.5 Å². The number of hydrogen-bond donors (Lipinski definition) is 1. The number of thiazole rings is 1. The second-order valence-electron chi connectivity index (χ2n) is 7.41. The molecule has 1 saturated heterocycles. The van der Waals surface area contributed by atoms with Crippen LogP contribution in [-0.2, 0) is 16.1 Å². The average Bonchev–Trinajstić information content (AvgIpc) is 3.19. The summed E-state index contributed by atoms with van der Waals surface area (Å²) >= 11 is 1.45. The molecule has 1 N–H and O–H groups in total. The van der Waals surface area contributed by atoms with Gasteiger partial charge in [-0.3, -0.25) is 14.5 Å². The molecular weight excluding hydrogens is 414 g/mol. The first kappa shape index (κ1) is 21.4. The van der Waals surface area contributed by atoms with E-state index in [1.165, 1.54) is 16.9 Å². The Balaban J connectivity index is 1.32. The van der Waals surface area contributed by atoms with Crippen molar-refractivity contribution in [3.05, 3.63) is 53.6 Å². The van der Waals surface area contributed by atoms with Crippen molar-refractivity contribution in [2.24, 2.45) is 0 Å². The van der Waals surface area contributed by atoms with E-state index in [2.05, 4.69) is 27.3 Å². The molecule has 31 heavy (non-hydrogen) atoms. The van der Waals surface area contributed by atoms with Crippen LogP contribution in [0.1, 0.15) is 28.8 Å². The molecule has 1 fully saturated rings. The average molecular weight is 440 g/mol. The number of anilines is 1. The number of benzene rings is 2. The van der Waals surface area contributed by atoms with Crippen LogP contribution in [0.3, 0.4) is 0 Å². The number of ketones is 1. The van der Waals surface area contributed by atoms with E-state index in [0.717, 1.165) is 43.1 Å². The van der Waals surface area contributed by atoms with E-state index in [1.807, 2.05) is 6.07 Å². The summed E-state index contributed by atoms with van der Waals surface area (Å²) in [5.74, 6) is 0.405. The molecule has 162 valence electrons. The largest absolute Gasteiger partial charge is 0.497 e. The third kappa shape index (κ3) is 5.66. The maximum absolute atomic E-state index is 12.3. The van der Waals surface area contributed by atoms with E-state index in [-0.39, 0.29) is 24.5 Å². The Morgan fingerprint density at radius 2 is 1.90 bits per heavy atom. The highest BCUT2D eigenvalue weighted by Gasteiger charge is 2.14. The summed E-state index contributed by atoms with van der Waals surface area (Å²) in [7, 11) is 1.58. The first-order valence-electron chi connectivity index (χ1n) is 10.3. The molecule has 0 unspecified atom stereocenters. The molecule has 1 aliphatic heterocycles. The lowest BCUT2D eigenvalue weighted by Gasteiger charge is -2.26. The van der Waals surface area contributed by atoms with E-state index in [9.17, 15) is 9.59 Å². The van der Waals surface area contributed by atoms with Crippen molar-refractivity contribution < 1.29 is 19.1 Å². The smallest absolute Gasteiger partial charge is 0.226 e. The second kappa shape index (κ2) is 10.00. The molecule has 2 heterocycles. The standard InChI is InChI=1S/C23H25N3O4S/c1-29-18-5-3-17(4-6-18)20(27)8-9-22(28)25-23-24-19-7-2-16(14-21(19)31-23)15-26-10-12-30-13-11-26/h2-7,14H,8-13,15H2,1H3,(H,24,25,28). The third-order valence-corrected chi connectivity index (χ3v) is 6.13. The fourth-order valence-electron chi connectivity index (χ4n) is 3.47. The zero-order valence-corrected chi connectivity index (χ0v) is 18.2. The van der Waals surface area contributed by atoms with Gasteiger partial charge in [0.1, 0.15) is 5.75 Å². The normalized spacial score (nSPS) is 14.5. The molecule has 1 aliphatic rings. The number of ether oxygens (including phenoxy) is 2. The Kier molecular flexibility index (Phi) is 6.91. The maximum atomic E-state index is 12.3. The van der Waals surface area contributed by atoms with Gasteiger partial charge in [0.15, 0.2) is 10.9 Å². The monoisotopic (exact) mass is 439 g/mol. The summed E-state index contributed by atoms with van der Waals surface area (Å²) in [5.41, 5.74) is 2.66. The number of hydrogen-bond acceptors (Lipinski definition) is 7. The zero-order valence-electron chi connectivity index (χ0n) is 17.4. The second-order valence-corrected chi connectivity index (χ2v) is 8.44. The van der Waals surface area contributed by atoms with Crippen LogP contribution in [0.2, 0.25) is 0 Å². The lowest BCUT2D eigenvalue weighted by atomic mass is 10.1. The Hall–Kier alpha value is -2.81. The number of morpholine rings is 1. The van der Waals surface area contributed by atoms with Crippen molar-refractivity contribution in [3.8, 4) is 5.75 Å². The maximum Gasteiger partial charge on any atom is 0.226 e. The minimum absolute atomic E-state index is 0.0742.